The van der Waals surface area contributed by atoms with Gasteiger partial charge in [0.1, 0.15) is 0 Å². The maximum Gasteiger partial charge on any atom is 0.0233 e. The average molecular weight is 292 g/mol. The summed E-state index contributed by atoms with van der Waals surface area (Å²) in [6.07, 6.45) is 7.80. The van der Waals surface area contributed by atoms with Gasteiger partial charge in [-0.3, -0.25) is 0 Å². The molecule has 2 bridgehead atoms. The predicted octanol–water partition coefficient (Wildman–Crippen LogP) is 5.49. The Morgan fingerprint density at radius 2 is 1.62 bits per heavy atom. The number of rotatable bonds is 3. The van der Waals surface area contributed by atoms with E-state index in [1.54, 1.807) is 5.57 Å². The van der Waals surface area contributed by atoms with Crippen LogP contribution in [0, 0.1) is 0 Å². The van der Waals surface area contributed by atoms with E-state index in [0.29, 0.717) is 0 Å². The van der Waals surface area contributed by atoms with Crippen molar-refractivity contribution in [2.75, 3.05) is 0 Å². The van der Waals surface area contributed by atoms with Crippen LogP contribution in [0.5, 0.6) is 0 Å². The van der Waals surface area contributed by atoms with E-state index >= 15 is 0 Å². The van der Waals surface area contributed by atoms with Crippen molar-refractivity contribution >= 4 is 11.8 Å². The van der Waals surface area contributed by atoms with Crippen LogP contribution in [-0.4, -0.2) is 10.5 Å². The van der Waals surface area contributed by atoms with E-state index in [4.69, 9.17) is 0 Å². The quantitative estimate of drug-likeness (QED) is 0.674. The van der Waals surface area contributed by atoms with Crippen molar-refractivity contribution in [3.8, 4) is 11.1 Å². The minimum atomic E-state index is 0.808. The first kappa shape index (κ1) is 13.2. The van der Waals surface area contributed by atoms with Crippen LogP contribution in [0.1, 0.15) is 24.8 Å². The fourth-order valence-corrected chi connectivity index (χ4v) is 5.09. The zero-order valence-corrected chi connectivity index (χ0v) is 13.0. The second-order valence-corrected chi connectivity index (χ2v) is 7.69. The van der Waals surface area contributed by atoms with Crippen molar-refractivity contribution in [2.45, 2.75) is 36.2 Å². The van der Waals surface area contributed by atoms with Crippen LogP contribution in [0.25, 0.3) is 11.1 Å². The third kappa shape index (κ3) is 2.94. The SMILES string of the molecule is C1=C(Cc2ccc(-c3ccccc3)cc2)CC2CCC1S2. The lowest BCUT2D eigenvalue weighted by molar-refractivity contribution is 0.769. The van der Waals surface area contributed by atoms with E-state index < -0.39 is 0 Å². The number of fused-ring (bicyclic) bond motifs is 2. The molecule has 0 radical (unpaired) electrons. The topological polar surface area (TPSA) is 0 Å². The number of allylic oxidation sites excluding steroid dienone is 1. The molecular weight excluding hydrogens is 272 g/mol. The van der Waals surface area contributed by atoms with Crippen LogP contribution >= 0.6 is 11.8 Å². The van der Waals surface area contributed by atoms with E-state index in [9.17, 15) is 0 Å². The molecule has 1 saturated heterocycles. The highest BCUT2D eigenvalue weighted by Crippen LogP contribution is 2.43. The summed E-state index contributed by atoms with van der Waals surface area (Å²) in [4.78, 5) is 0. The molecule has 0 amide bonds. The van der Waals surface area contributed by atoms with Gasteiger partial charge in [-0.1, -0.05) is 66.2 Å². The first-order valence-corrected chi connectivity index (χ1v) is 8.80. The molecule has 21 heavy (non-hydrogen) atoms. The van der Waals surface area contributed by atoms with E-state index in [1.807, 2.05) is 0 Å². The van der Waals surface area contributed by atoms with Crippen molar-refractivity contribution in [3.63, 3.8) is 0 Å². The molecule has 0 aromatic heterocycles. The molecule has 2 aromatic rings. The van der Waals surface area contributed by atoms with Gasteiger partial charge in [-0.05, 0) is 42.4 Å². The van der Waals surface area contributed by atoms with Gasteiger partial charge in [0.2, 0.25) is 0 Å². The standard InChI is InChI=1S/C20H20S/c1-2-4-17(5-3-1)18-8-6-15(7-9-18)12-16-13-19-10-11-20(14-16)21-19/h1-9,13,19-20H,10-12,14H2. The summed E-state index contributed by atoms with van der Waals surface area (Å²) in [5, 5.41) is 1.71. The molecule has 2 heterocycles. The number of hydrogen-bond acceptors (Lipinski definition) is 1. The monoisotopic (exact) mass is 292 g/mol. The number of benzene rings is 2. The molecule has 0 nitrogen and oxygen atoms in total. The first-order chi connectivity index (χ1) is 10.4. The second kappa shape index (κ2) is 5.73. The Morgan fingerprint density at radius 3 is 2.38 bits per heavy atom. The maximum absolute atomic E-state index is 2.54. The summed E-state index contributed by atoms with van der Waals surface area (Å²) in [6.45, 7) is 0. The summed E-state index contributed by atoms with van der Waals surface area (Å²) in [6, 6.07) is 19.7. The third-order valence-electron chi connectivity index (χ3n) is 4.54. The van der Waals surface area contributed by atoms with Crippen LogP contribution in [-0.2, 0) is 6.42 Å². The summed E-state index contributed by atoms with van der Waals surface area (Å²) in [5.74, 6) is 0. The minimum Gasteiger partial charge on any atom is -0.151 e. The molecule has 2 unspecified atom stereocenters. The van der Waals surface area contributed by atoms with E-state index in [0.717, 1.165) is 16.9 Å². The number of thioether (sulfide) groups is 1. The van der Waals surface area contributed by atoms with Gasteiger partial charge < -0.3 is 0 Å². The minimum absolute atomic E-state index is 0.808. The van der Waals surface area contributed by atoms with Crippen LogP contribution in [0.4, 0.5) is 0 Å². The maximum atomic E-state index is 2.54. The van der Waals surface area contributed by atoms with Crippen molar-refractivity contribution in [2.24, 2.45) is 0 Å². The molecule has 0 saturated carbocycles. The zero-order valence-electron chi connectivity index (χ0n) is 12.2. The van der Waals surface area contributed by atoms with Crippen LogP contribution < -0.4 is 0 Å². The lowest BCUT2D eigenvalue weighted by Crippen LogP contribution is -2.07. The van der Waals surface area contributed by atoms with E-state index in [-0.39, 0.29) is 0 Å². The average Bonchev–Trinajstić information content (AvgIpc) is 2.88. The van der Waals surface area contributed by atoms with Crippen LogP contribution in [0.2, 0.25) is 0 Å². The molecule has 2 atom stereocenters. The highest BCUT2D eigenvalue weighted by atomic mass is 32.2. The molecule has 2 aliphatic rings. The molecule has 4 rings (SSSR count). The van der Waals surface area contributed by atoms with E-state index in [1.165, 1.54) is 36.0 Å². The van der Waals surface area contributed by atoms with Gasteiger partial charge in [0.25, 0.3) is 0 Å². The lowest BCUT2D eigenvalue weighted by atomic mass is 9.98. The van der Waals surface area contributed by atoms with Gasteiger partial charge in [-0.25, -0.2) is 0 Å². The zero-order chi connectivity index (χ0) is 14.1. The van der Waals surface area contributed by atoms with Crippen molar-refractivity contribution < 1.29 is 0 Å². The van der Waals surface area contributed by atoms with Gasteiger partial charge in [-0.15, -0.1) is 0 Å². The van der Waals surface area contributed by atoms with Crippen molar-refractivity contribution in [1.82, 2.24) is 0 Å². The van der Waals surface area contributed by atoms with Gasteiger partial charge in [0.15, 0.2) is 0 Å². The number of hydrogen-bond donors (Lipinski definition) is 0. The Kier molecular flexibility index (Phi) is 3.60. The first-order valence-electron chi connectivity index (χ1n) is 7.86. The van der Waals surface area contributed by atoms with Crippen LogP contribution in [0.15, 0.2) is 66.2 Å². The van der Waals surface area contributed by atoms with E-state index in [2.05, 4.69) is 72.4 Å². The fourth-order valence-electron chi connectivity index (χ4n) is 3.47. The Bertz CT molecular complexity index is 639. The van der Waals surface area contributed by atoms with Crippen LogP contribution in [0.3, 0.4) is 0 Å². The van der Waals surface area contributed by atoms with Gasteiger partial charge >= 0.3 is 0 Å². The molecule has 1 heteroatoms. The summed E-state index contributed by atoms with van der Waals surface area (Å²) in [7, 11) is 0. The molecule has 0 N–H and O–H groups in total. The highest BCUT2D eigenvalue weighted by molar-refractivity contribution is 8.01. The Labute approximate surface area is 131 Å². The molecule has 0 spiro atoms. The van der Waals surface area contributed by atoms with Crippen molar-refractivity contribution in [1.29, 1.82) is 0 Å². The van der Waals surface area contributed by atoms with Crippen molar-refractivity contribution in [3.05, 3.63) is 71.8 Å². The molecule has 2 aromatic carbocycles. The second-order valence-electron chi connectivity index (χ2n) is 6.14. The normalized spacial score (nSPS) is 23.9. The smallest absolute Gasteiger partial charge is 0.0233 e. The predicted molar refractivity (Wildman–Crippen MR) is 92.7 cm³/mol. The molecule has 0 aliphatic carbocycles. The summed E-state index contributed by atoms with van der Waals surface area (Å²) < 4.78 is 0. The Hall–Kier alpha value is -1.47. The molecule has 1 fully saturated rings. The van der Waals surface area contributed by atoms with Gasteiger partial charge in [-0.2, -0.15) is 11.8 Å². The third-order valence-corrected chi connectivity index (χ3v) is 6.05. The molecular formula is C20H20S. The fraction of sp³-hybridized carbons (Fsp3) is 0.300. The van der Waals surface area contributed by atoms with Gasteiger partial charge in [0, 0.05) is 10.5 Å². The lowest BCUT2D eigenvalue weighted by Gasteiger charge is -2.19. The van der Waals surface area contributed by atoms with Gasteiger partial charge in [0.05, 0.1) is 0 Å². The largest absolute Gasteiger partial charge is 0.151 e. The summed E-state index contributed by atoms with van der Waals surface area (Å²) in [5.41, 5.74) is 5.73. The Morgan fingerprint density at radius 1 is 0.857 bits per heavy atom. The Balaban J connectivity index is 1.50. The molecule has 2 aliphatic heterocycles. The highest BCUT2D eigenvalue weighted by Gasteiger charge is 2.29. The molecule has 106 valence electrons. The summed E-state index contributed by atoms with van der Waals surface area (Å²) >= 11 is 2.19.